The molecule has 0 aromatic heterocycles. The average Bonchev–Trinajstić information content (AvgIpc) is 2.88. The minimum atomic E-state index is -0.641. The number of rotatable bonds is 6. The van der Waals surface area contributed by atoms with Crippen molar-refractivity contribution in [2.24, 2.45) is 0 Å². The third-order valence-corrected chi connectivity index (χ3v) is 3.31. The van der Waals surface area contributed by atoms with Crippen molar-refractivity contribution in [2.45, 2.75) is 38.4 Å². The van der Waals surface area contributed by atoms with Crippen LogP contribution in [0.15, 0.2) is 42.5 Å². The van der Waals surface area contributed by atoms with Crippen molar-refractivity contribution in [2.75, 3.05) is 13.7 Å². The molecule has 120 valence electrons. The molecule has 0 aliphatic carbocycles. The van der Waals surface area contributed by atoms with Crippen LogP contribution in [-0.4, -0.2) is 37.7 Å². The number of hydrogen-bond acceptors (Lipinski definition) is 5. The maximum atomic E-state index is 11.3. The van der Waals surface area contributed by atoms with E-state index in [1.165, 1.54) is 13.2 Å². The van der Waals surface area contributed by atoms with E-state index in [-0.39, 0.29) is 12.2 Å². The maximum Gasteiger partial charge on any atom is 0.330 e. The van der Waals surface area contributed by atoms with Gasteiger partial charge in [-0.3, -0.25) is 0 Å². The van der Waals surface area contributed by atoms with Crippen molar-refractivity contribution in [3.05, 3.63) is 48.0 Å². The van der Waals surface area contributed by atoms with Crippen LogP contribution in [0.4, 0.5) is 0 Å². The minimum absolute atomic E-state index is 0.264. The summed E-state index contributed by atoms with van der Waals surface area (Å²) < 4.78 is 21.9. The molecule has 0 spiro atoms. The number of methoxy groups -OCH3 is 1. The van der Waals surface area contributed by atoms with E-state index < -0.39 is 11.8 Å². The molecule has 2 rings (SSSR count). The van der Waals surface area contributed by atoms with Crippen molar-refractivity contribution >= 4 is 5.97 Å². The van der Waals surface area contributed by atoms with Crippen molar-refractivity contribution in [3.63, 3.8) is 0 Å². The Bertz CT molecular complexity index is 509. The van der Waals surface area contributed by atoms with Crippen LogP contribution in [0.25, 0.3) is 0 Å². The molecule has 1 aliphatic rings. The number of esters is 1. The minimum Gasteiger partial charge on any atom is -0.466 e. The van der Waals surface area contributed by atoms with Crippen LogP contribution in [0, 0.1) is 0 Å². The highest BCUT2D eigenvalue weighted by Gasteiger charge is 2.37. The van der Waals surface area contributed by atoms with Crippen LogP contribution in [0.2, 0.25) is 0 Å². The lowest BCUT2D eigenvalue weighted by atomic mass is 10.2. The number of hydrogen-bond donors (Lipinski definition) is 0. The summed E-state index contributed by atoms with van der Waals surface area (Å²) in [6, 6.07) is 9.83. The normalized spacial score (nSPS) is 21.9. The van der Waals surface area contributed by atoms with E-state index in [1.807, 2.05) is 44.2 Å². The topological polar surface area (TPSA) is 54.0 Å². The van der Waals surface area contributed by atoms with Crippen LogP contribution in [0.1, 0.15) is 19.4 Å². The van der Waals surface area contributed by atoms with Crippen LogP contribution in [-0.2, 0) is 30.3 Å². The number of carbonyl (C=O) groups excluding carboxylic acids is 1. The molecule has 1 saturated heterocycles. The third-order valence-electron chi connectivity index (χ3n) is 3.31. The molecular weight excluding hydrogens is 284 g/mol. The van der Waals surface area contributed by atoms with E-state index in [1.54, 1.807) is 6.08 Å². The summed E-state index contributed by atoms with van der Waals surface area (Å²) in [5.41, 5.74) is 1.05. The molecule has 0 N–H and O–H groups in total. The molecule has 1 aromatic carbocycles. The van der Waals surface area contributed by atoms with Crippen molar-refractivity contribution in [3.8, 4) is 0 Å². The van der Waals surface area contributed by atoms with Gasteiger partial charge in [-0.15, -0.1) is 0 Å². The van der Waals surface area contributed by atoms with Gasteiger partial charge in [0, 0.05) is 6.08 Å². The molecule has 0 radical (unpaired) electrons. The molecule has 1 heterocycles. The molecule has 1 aliphatic heterocycles. The van der Waals surface area contributed by atoms with Crippen LogP contribution in [0.5, 0.6) is 0 Å². The molecule has 1 fully saturated rings. The maximum absolute atomic E-state index is 11.3. The predicted molar refractivity (Wildman–Crippen MR) is 81.1 cm³/mol. The Kier molecular flexibility index (Phi) is 5.71. The Morgan fingerprint density at radius 1 is 1.41 bits per heavy atom. The molecule has 0 saturated carbocycles. The lowest BCUT2D eigenvalue weighted by Crippen LogP contribution is -2.31. The molecule has 5 heteroatoms. The van der Waals surface area contributed by atoms with Gasteiger partial charge in [0.2, 0.25) is 0 Å². The van der Waals surface area contributed by atoms with Crippen molar-refractivity contribution in [1.82, 2.24) is 0 Å². The van der Waals surface area contributed by atoms with E-state index in [0.29, 0.717) is 13.2 Å². The van der Waals surface area contributed by atoms with Gasteiger partial charge < -0.3 is 18.9 Å². The highest BCUT2D eigenvalue weighted by atomic mass is 16.7. The first-order valence-electron chi connectivity index (χ1n) is 7.23. The van der Waals surface area contributed by atoms with E-state index in [2.05, 4.69) is 4.74 Å². The molecule has 0 unspecified atom stereocenters. The quantitative estimate of drug-likeness (QED) is 0.597. The first kappa shape index (κ1) is 16.7. The van der Waals surface area contributed by atoms with E-state index in [9.17, 15) is 4.79 Å². The second kappa shape index (κ2) is 7.54. The molecule has 22 heavy (non-hydrogen) atoms. The summed E-state index contributed by atoms with van der Waals surface area (Å²) in [6.45, 7) is 4.55. The summed E-state index contributed by atoms with van der Waals surface area (Å²) in [7, 11) is 1.34. The fraction of sp³-hybridized carbons (Fsp3) is 0.471. The van der Waals surface area contributed by atoms with Gasteiger partial charge in [0.1, 0.15) is 12.2 Å². The zero-order chi connectivity index (χ0) is 16.0. The number of benzene rings is 1. The van der Waals surface area contributed by atoms with Gasteiger partial charge in [-0.25, -0.2) is 4.79 Å². The predicted octanol–water partition coefficient (Wildman–Crippen LogP) is 2.45. The number of carbonyl (C=O) groups is 1. The van der Waals surface area contributed by atoms with Gasteiger partial charge in [0.25, 0.3) is 0 Å². The third kappa shape index (κ3) is 4.94. The van der Waals surface area contributed by atoms with Gasteiger partial charge in [-0.1, -0.05) is 30.3 Å². The molecule has 0 amide bonds. The van der Waals surface area contributed by atoms with E-state index in [0.717, 1.165) is 5.56 Å². The molecule has 0 bridgehead atoms. The first-order valence-corrected chi connectivity index (χ1v) is 7.23. The molecule has 2 atom stereocenters. The van der Waals surface area contributed by atoms with Gasteiger partial charge in [-0.05, 0) is 25.5 Å². The first-order chi connectivity index (χ1) is 10.5. The summed E-state index contributed by atoms with van der Waals surface area (Å²) in [5.74, 6) is -1.07. The SMILES string of the molecule is COC(=O)/C=C\[C@H](OCc1ccccc1)[C@@H]1COC(C)(C)O1. The summed E-state index contributed by atoms with van der Waals surface area (Å²) >= 11 is 0. The Balaban J connectivity index is 2.01. The molecule has 1 aromatic rings. The van der Waals surface area contributed by atoms with Crippen LogP contribution in [0.3, 0.4) is 0 Å². The van der Waals surface area contributed by atoms with Gasteiger partial charge in [0.15, 0.2) is 5.79 Å². The zero-order valence-corrected chi connectivity index (χ0v) is 13.2. The highest BCUT2D eigenvalue weighted by Crippen LogP contribution is 2.26. The summed E-state index contributed by atoms with van der Waals surface area (Å²) in [4.78, 5) is 11.3. The van der Waals surface area contributed by atoms with Gasteiger partial charge >= 0.3 is 5.97 Å². The van der Waals surface area contributed by atoms with Crippen LogP contribution < -0.4 is 0 Å². The monoisotopic (exact) mass is 306 g/mol. The lowest BCUT2D eigenvalue weighted by molar-refractivity contribution is -0.152. The van der Waals surface area contributed by atoms with E-state index >= 15 is 0 Å². The highest BCUT2D eigenvalue weighted by molar-refractivity contribution is 5.81. The number of ether oxygens (including phenoxy) is 4. The Hall–Kier alpha value is -1.69. The fourth-order valence-corrected chi connectivity index (χ4v) is 2.17. The van der Waals surface area contributed by atoms with Crippen molar-refractivity contribution in [1.29, 1.82) is 0 Å². The zero-order valence-electron chi connectivity index (χ0n) is 13.2. The Morgan fingerprint density at radius 3 is 2.73 bits per heavy atom. The standard InChI is InChI=1S/C17H22O5/c1-17(2)21-12-15(22-17)14(9-10-16(18)19-3)20-11-13-7-5-4-6-8-13/h4-10,14-15H,11-12H2,1-3H3/b10-9-/t14-,15-/m0/s1. The summed E-state index contributed by atoms with van der Waals surface area (Å²) in [6.07, 6.45) is 2.36. The Morgan fingerprint density at radius 2 is 2.14 bits per heavy atom. The van der Waals surface area contributed by atoms with Gasteiger partial charge in [-0.2, -0.15) is 0 Å². The van der Waals surface area contributed by atoms with Crippen molar-refractivity contribution < 1.29 is 23.7 Å². The van der Waals surface area contributed by atoms with E-state index in [4.69, 9.17) is 14.2 Å². The summed E-state index contributed by atoms with van der Waals surface area (Å²) in [5, 5.41) is 0. The average molecular weight is 306 g/mol. The van der Waals surface area contributed by atoms with Crippen LogP contribution >= 0.6 is 0 Å². The molecule has 5 nitrogen and oxygen atoms in total. The largest absolute Gasteiger partial charge is 0.466 e. The smallest absolute Gasteiger partial charge is 0.330 e. The van der Waals surface area contributed by atoms with Gasteiger partial charge in [0.05, 0.1) is 20.3 Å². The second-order valence-corrected chi connectivity index (χ2v) is 5.51. The lowest BCUT2D eigenvalue weighted by Gasteiger charge is -2.22. The second-order valence-electron chi connectivity index (χ2n) is 5.51. The molecular formula is C17H22O5. The fourth-order valence-electron chi connectivity index (χ4n) is 2.17. The Labute approximate surface area is 130 Å².